The number of benzene rings is 3. The van der Waals surface area contributed by atoms with E-state index in [0.29, 0.717) is 0 Å². The third kappa shape index (κ3) is 1.77. The summed E-state index contributed by atoms with van der Waals surface area (Å²) >= 11 is 0. The summed E-state index contributed by atoms with van der Waals surface area (Å²) in [6.45, 7) is 0. The van der Waals surface area contributed by atoms with Gasteiger partial charge in [-0.3, -0.25) is 4.79 Å². The highest BCUT2D eigenvalue weighted by Crippen LogP contribution is 2.40. The molecule has 0 N–H and O–H groups in total. The highest BCUT2D eigenvalue weighted by molar-refractivity contribution is 6.25. The van der Waals surface area contributed by atoms with Crippen LogP contribution in [0.1, 0.15) is 15.9 Å². The number of rotatable bonds is 1. The first-order valence-corrected chi connectivity index (χ1v) is 7.96. The van der Waals surface area contributed by atoms with Crippen LogP contribution >= 0.6 is 0 Å². The third-order valence-corrected chi connectivity index (χ3v) is 4.61. The Labute approximate surface area is 139 Å². The van der Waals surface area contributed by atoms with Crippen molar-refractivity contribution in [2.45, 2.75) is 0 Å². The average molecular weight is 307 g/mol. The van der Waals surface area contributed by atoms with Crippen molar-refractivity contribution in [2.75, 3.05) is 0 Å². The molecule has 0 bridgehead atoms. The average Bonchev–Trinajstić information content (AvgIpc) is 2.66. The highest BCUT2D eigenvalue weighted by atomic mass is 16.1. The summed E-state index contributed by atoms with van der Waals surface area (Å²) in [7, 11) is 0. The van der Waals surface area contributed by atoms with Gasteiger partial charge in [0.2, 0.25) is 0 Å². The van der Waals surface area contributed by atoms with Crippen molar-refractivity contribution in [1.82, 2.24) is 4.98 Å². The van der Waals surface area contributed by atoms with Gasteiger partial charge in [0.25, 0.3) is 0 Å². The minimum Gasteiger partial charge on any atom is -0.289 e. The van der Waals surface area contributed by atoms with Crippen molar-refractivity contribution in [3.8, 4) is 22.4 Å². The molecule has 0 atom stereocenters. The van der Waals surface area contributed by atoms with Crippen LogP contribution in [0.4, 0.5) is 0 Å². The number of carbonyl (C=O) groups excluding carboxylic acids is 1. The molecule has 1 aromatic heterocycles. The van der Waals surface area contributed by atoms with Gasteiger partial charge in [-0.1, -0.05) is 66.7 Å². The monoisotopic (exact) mass is 307 g/mol. The van der Waals surface area contributed by atoms with Gasteiger partial charge in [-0.2, -0.15) is 0 Å². The van der Waals surface area contributed by atoms with E-state index in [-0.39, 0.29) is 5.78 Å². The van der Waals surface area contributed by atoms with Crippen molar-refractivity contribution in [2.24, 2.45) is 0 Å². The van der Waals surface area contributed by atoms with Crippen LogP contribution in [0, 0.1) is 0 Å². The first kappa shape index (κ1) is 13.2. The fourth-order valence-corrected chi connectivity index (χ4v) is 3.51. The number of ketones is 1. The first-order chi connectivity index (χ1) is 11.8. The fourth-order valence-electron chi connectivity index (χ4n) is 3.51. The van der Waals surface area contributed by atoms with Crippen LogP contribution in [0.3, 0.4) is 0 Å². The van der Waals surface area contributed by atoms with E-state index in [1.165, 1.54) is 0 Å². The van der Waals surface area contributed by atoms with Crippen LogP contribution in [0.25, 0.3) is 33.3 Å². The maximum Gasteiger partial charge on any atom is 0.194 e. The Kier molecular flexibility index (Phi) is 2.68. The van der Waals surface area contributed by atoms with Gasteiger partial charge in [0.15, 0.2) is 5.78 Å². The maximum absolute atomic E-state index is 12.8. The van der Waals surface area contributed by atoms with Crippen LogP contribution in [-0.4, -0.2) is 10.8 Å². The Morgan fingerprint density at radius 3 is 2.17 bits per heavy atom. The SMILES string of the molecule is O=C1c2ccccc2-c2cc(-c3ccccc3)nc3cccc1c23. The Morgan fingerprint density at radius 1 is 0.625 bits per heavy atom. The Bertz CT molecular complexity index is 1110. The van der Waals surface area contributed by atoms with Gasteiger partial charge >= 0.3 is 0 Å². The van der Waals surface area contributed by atoms with Crippen molar-refractivity contribution in [3.05, 3.63) is 90.0 Å². The van der Waals surface area contributed by atoms with Crippen molar-refractivity contribution >= 4 is 16.7 Å². The highest BCUT2D eigenvalue weighted by Gasteiger charge is 2.25. The molecule has 0 saturated carbocycles. The maximum atomic E-state index is 12.8. The normalized spacial score (nSPS) is 12.2. The first-order valence-electron chi connectivity index (χ1n) is 7.96. The van der Waals surface area contributed by atoms with Crippen LogP contribution in [-0.2, 0) is 0 Å². The molecule has 2 nitrogen and oxygen atoms in total. The van der Waals surface area contributed by atoms with Gasteiger partial charge < -0.3 is 0 Å². The van der Waals surface area contributed by atoms with Gasteiger partial charge in [0.1, 0.15) is 0 Å². The molecule has 1 aliphatic carbocycles. The molecule has 2 heteroatoms. The Hall–Kier alpha value is -3.26. The van der Waals surface area contributed by atoms with E-state index in [1.54, 1.807) is 0 Å². The van der Waals surface area contributed by atoms with Crippen molar-refractivity contribution in [1.29, 1.82) is 0 Å². The smallest absolute Gasteiger partial charge is 0.194 e. The van der Waals surface area contributed by atoms with Crippen LogP contribution < -0.4 is 0 Å². The summed E-state index contributed by atoms with van der Waals surface area (Å²) in [6, 6.07) is 25.9. The minimum absolute atomic E-state index is 0.0814. The molecule has 1 heterocycles. The molecule has 0 aliphatic heterocycles. The Balaban J connectivity index is 1.92. The number of hydrogen-bond donors (Lipinski definition) is 0. The van der Waals surface area contributed by atoms with E-state index in [9.17, 15) is 4.79 Å². The lowest BCUT2D eigenvalue weighted by molar-refractivity contribution is 0.104. The molecule has 24 heavy (non-hydrogen) atoms. The molecule has 0 spiro atoms. The van der Waals surface area contributed by atoms with E-state index < -0.39 is 0 Å². The molecule has 0 fully saturated rings. The van der Waals surface area contributed by atoms with Gasteiger partial charge in [-0.15, -0.1) is 0 Å². The van der Waals surface area contributed by atoms with Crippen LogP contribution in [0.15, 0.2) is 78.9 Å². The second-order valence-electron chi connectivity index (χ2n) is 6.00. The zero-order chi connectivity index (χ0) is 16.1. The molecule has 3 aromatic carbocycles. The molecule has 1 aliphatic rings. The molecule has 4 aromatic rings. The zero-order valence-corrected chi connectivity index (χ0v) is 12.9. The Morgan fingerprint density at radius 2 is 1.33 bits per heavy atom. The lowest BCUT2D eigenvalue weighted by atomic mass is 9.83. The van der Waals surface area contributed by atoms with E-state index in [0.717, 1.165) is 44.4 Å². The van der Waals surface area contributed by atoms with E-state index in [2.05, 4.69) is 18.2 Å². The van der Waals surface area contributed by atoms with E-state index in [4.69, 9.17) is 4.98 Å². The summed E-state index contributed by atoms with van der Waals surface area (Å²) in [6.07, 6.45) is 0. The fraction of sp³-hybridized carbons (Fsp3) is 0. The van der Waals surface area contributed by atoms with Crippen LogP contribution in [0.2, 0.25) is 0 Å². The second kappa shape index (κ2) is 4.87. The molecule has 112 valence electrons. The number of carbonyl (C=O) groups is 1. The van der Waals surface area contributed by atoms with E-state index in [1.807, 2.05) is 60.7 Å². The predicted molar refractivity (Wildman–Crippen MR) is 96.0 cm³/mol. The topological polar surface area (TPSA) is 30.0 Å². The molecule has 0 amide bonds. The molecule has 0 radical (unpaired) electrons. The van der Waals surface area contributed by atoms with E-state index >= 15 is 0 Å². The largest absolute Gasteiger partial charge is 0.289 e. The molecule has 5 rings (SSSR count). The lowest BCUT2D eigenvalue weighted by Gasteiger charge is -2.20. The number of nitrogens with zero attached hydrogens (tertiary/aromatic N) is 1. The third-order valence-electron chi connectivity index (χ3n) is 4.61. The summed E-state index contributed by atoms with van der Waals surface area (Å²) in [5, 5.41) is 0.959. The van der Waals surface area contributed by atoms with Crippen molar-refractivity contribution < 1.29 is 4.79 Å². The number of fused-ring (bicyclic) bond motifs is 2. The van der Waals surface area contributed by atoms with Gasteiger partial charge in [0, 0.05) is 22.1 Å². The summed E-state index contributed by atoms with van der Waals surface area (Å²) in [5.41, 5.74) is 6.47. The molecule has 0 saturated heterocycles. The summed E-state index contributed by atoms with van der Waals surface area (Å²) in [5.74, 6) is 0.0814. The number of hydrogen-bond acceptors (Lipinski definition) is 2. The standard InChI is InChI=1S/C22H13NO/c24-22-16-10-5-4-9-15(16)18-13-20(14-7-2-1-3-8-14)23-19-12-6-11-17(22)21(18)19/h1-13H. The quantitative estimate of drug-likeness (QED) is 0.430. The van der Waals surface area contributed by atoms with Crippen LogP contribution in [0.5, 0.6) is 0 Å². The summed E-state index contributed by atoms with van der Waals surface area (Å²) < 4.78 is 0. The molecular formula is C22H13NO. The number of aromatic nitrogens is 1. The lowest BCUT2D eigenvalue weighted by Crippen LogP contribution is -2.10. The van der Waals surface area contributed by atoms with Gasteiger partial charge in [0.05, 0.1) is 11.2 Å². The molecule has 0 unspecified atom stereocenters. The van der Waals surface area contributed by atoms with Crippen molar-refractivity contribution in [3.63, 3.8) is 0 Å². The number of pyridine rings is 1. The van der Waals surface area contributed by atoms with Gasteiger partial charge in [-0.25, -0.2) is 4.98 Å². The predicted octanol–water partition coefficient (Wildman–Crippen LogP) is 5.11. The molecular weight excluding hydrogens is 294 g/mol. The zero-order valence-electron chi connectivity index (χ0n) is 12.9. The minimum atomic E-state index is 0.0814. The second-order valence-corrected chi connectivity index (χ2v) is 6.00. The van der Waals surface area contributed by atoms with Gasteiger partial charge in [-0.05, 0) is 23.3 Å². The summed E-state index contributed by atoms with van der Waals surface area (Å²) in [4.78, 5) is 17.6.